The van der Waals surface area contributed by atoms with E-state index in [1.54, 1.807) is 0 Å². The molecule has 1 N–H and O–H groups in total. The lowest BCUT2D eigenvalue weighted by Gasteiger charge is -2.24. The van der Waals surface area contributed by atoms with E-state index in [4.69, 9.17) is 0 Å². The van der Waals surface area contributed by atoms with E-state index in [1.807, 2.05) is 0 Å². The third kappa shape index (κ3) is 2.73. The van der Waals surface area contributed by atoms with Crippen molar-refractivity contribution in [3.63, 3.8) is 0 Å². The van der Waals surface area contributed by atoms with Crippen LogP contribution in [0.2, 0.25) is 0 Å². The molecule has 15 heavy (non-hydrogen) atoms. The first-order valence-corrected chi connectivity index (χ1v) is 6.28. The normalized spacial score (nSPS) is 17.6. The Morgan fingerprint density at radius 1 is 1.27 bits per heavy atom. The predicted octanol–water partition coefficient (Wildman–Crippen LogP) is 2.56. The molecule has 82 valence electrons. The highest BCUT2D eigenvalue weighted by atomic mass is 79.9. The Morgan fingerprint density at radius 3 is 3.00 bits per heavy atom. The molecule has 1 aliphatic rings. The number of halogens is 1. The highest BCUT2D eigenvalue weighted by molar-refractivity contribution is 9.10. The topological polar surface area (TPSA) is 15.3 Å². The van der Waals surface area contributed by atoms with Crippen LogP contribution < -0.4 is 10.2 Å². The summed E-state index contributed by atoms with van der Waals surface area (Å²) in [5.74, 6) is 0. The average molecular weight is 269 g/mol. The first-order valence-electron chi connectivity index (χ1n) is 5.49. The van der Waals surface area contributed by atoms with Crippen LogP contribution >= 0.6 is 15.9 Å². The molecule has 3 heteroatoms. The molecule has 1 aromatic rings. The van der Waals surface area contributed by atoms with E-state index in [0.29, 0.717) is 0 Å². The minimum Gasteiger partial charge on any atom is -0.370 e. The van der Waals surface area contributed by atoms with Gasteiger partial charge in [0.25, 0.3) is 0 Å². The van der Waals surface area contributed by atoms with E-state index in [2.05, 4.69) is 51.3 Å². The van der Waals surface area contributed by atoms with Crippen LogP contribution in [0.25, 0.3) is 0 Å². The molecule has 0 aliphatic carbocycles. The number of nitrogens with one attached hydrogen (secondary N) is 1. The molecule has 0 amide bonds. The van der Waals surface area contributed by atoms with Gasteiger partial charge in [0.2, 0.25) is 0 Å². The van der Waals surface area contributed by atoms with Crippen molar-refractivity contribution in [1.29, 1.82) is 0 Å². The summed E-state index contributed by atoms with van der Waals surface area (Å²) in [5, 5.41) is 3.43. The van der Waals surface area contributed by atoms with Crippen LogP contribution in [0.1, 0.15) is 12.0 Å². The number of anilines is 1. The number of hydrogen-bond acceptors (Lipinski definition) is 2. The monoisotopic (exact) mass is 268 g/mol. The minimum atomic E-state index is 1.09. The average Bonchev–Trinajstić information content (AvgIpc) is 2.50. The van der Waals surface area contributed by atoms with Crippen LogP contribution in [-0.4, -0.2) is 26.2 Å². The fourth-order valence-electron chi connectivity index (χ4n) is 2.01. The first kappa shape index (κ1) is 11.0. The second-order valence-electron chi connectivity index (χ2n) is 4.02. The van der Waals surface area contributed by atoms with Gasteiger partial charge in [0.05, 0.1) is 0 Å². The molecule has 1 aromatic carbocycles. The Morgan fingerprint density at radius 2 is 2.13 bits per heavy atom. The molecule has 1 heterocycles. The molecule has 2 nitrogen and oxygen atoms in total. The molecular weight excluding hydrogens is 252 g/mol. The van der Waals surface area contributed by atoms with Gasteiger partial charge in [-0.15, -0.1) is 0 Å². The maximum absolute atomic E-state index is 3.54. The van der Waals surface area contributed by atoms with Crippen LogP contribution in [0.5, 0.6) is 0 Å². The van der Waals surface area contributed by atoms with Crippen molar-refractivity contribution in [2.24, 2.45) is 0 Å². The van der Waals surface area contributed by atoms with Gasteiger partial charge in [0, 0.05) is 29.8 Å². The molecule has 2 rings (SSSR count). The first-order chi connectivity index (χ1) is 7.27. The van der Waals surface area contributed by atoms with Crippen molar-refractivity contribution in [2.45, 2.75) is 13.3 Å². The van der Waals surface area contributed by atoms with Crippen LogP contribution in [-0.2, 0) is 0 Å². The van der Waals surface area contributed by atoms with Gasteiger partial charge in [-0.1, -0.05) is 22.0 Å². The summed E-state index contributed by atoms with van der Waals surface area (Å²) in [6.45, 7) is 6.68. The molecule has 0 aromatic heterocycles. The van der Waals surface area contributed by atoms with Crippen molar-refractivity contribution >= 4 is 21.6 Å². The second-order valence-corrected chi connectivity index (χ2v) is 4.94. The third-order valence-corrected chi connectivity index (χ3v) is 3.35. The summed E-state index contributed by atoms with van der Waals surface area (Å²) >= 11 is 3.54. The molecular formula is C12H17BrN2. The molecule has 0 spiro atoms. The fourth-order valence-corrected chi connectivity index (χ4v) is 2.36. The Labute approximate surface area is 99.8 Å². The van der Waals surface area contributed by atoms with Crippen molar-refractivity contribution in [3.8, 4) is 0 Å². The highest BCUT2D eigenvalue weighted by Gasteiger charge is 2.11. The number of hydrogen-bond donors (Lipinski definition) is 1. The summed E-state index contributed by atoms with van der Waals surface area (Å²) in [6.07, 6.45) is 1.23. The summed E-state index contributed by atoms with van der Waals surface area (Å²) < 4.78 is 1.17. The van der Waals surface area contributed by atoms with E-state index < -0.39 is 0 Å². The van der Waals surface area contributed by atoms with Gasteiger partial charge in [-0.25, -0.2) is 0 Å². The van der Waals surface area contributed by atoms with Crippen molar-refractivity contribution < 1.29 is 0 Å². The lowest BCUT2D eigenvalue weighted by Crippen LogP contribution is -2.28. The summed E-state index contributed by atoms with van der Waals surface area (Å²) in [7, 11) is 0. The van der Waals surface area contributed by atoms with Crippen LogP contribution in [0.15, 0.2) is 22.7 Å². The fraction of sp³-hybridized carbons (Fsp3) is 0.500. The zero-order chi connectivity index (χ0) is 10.7. The largest absolute Gasteiger partial charge is 0.370 e. The van der Waals surface area contributed by atoms with E-state index in [-0.39, 0.29) is 0 Å². The van der Waals surface area contributed by atoms with Gasteiger partial charge >= 0.3 is 0 Å². The van der Waals surface area contributed by atoms with Crippen molar-refractivity contribution in [2.75, 3.05) is 31.1 Å². The van der Waals surface area contributed by atoms with E-state index in [0.717, 1.165) is 26.2 Å². The Kier molecular flexibility index (Phi) is 3.65. The van der Waals surface area contributed by atoms with Gasteiger partial charge in [0.15, 0.2) is 0 Å². The quantitative estimate of drug-likeness (QED) is 0.843. The zero-order valence-electron chi connectivity index (χ0n) is 9.09. The number of rotatable bonds is 1. The number of nitrogens with zero attached hydrogens (tertiary/aromatic N) is 1. The number of benzene rings is 1. The van der Waals surface area contributed by atoms with Gasteiger partial charge < -0.3 is 10.2 Å². The van der Waals surface area contributed by atoms with Gasteiger partial charge in [0.1, 0.15) is 0 Å². The third-order valence-electron chi connectivity index (χ3n) is 2.85. The Balaban J connectivity index is 2.22. The molecule has 0 bridgehead atoms. The second kappa shape index (κ2) is 4.99. The summed E-state index contributed by atoms with van der Waals surface area (Å²) in [6, 6.07) is 6.51. The molecule has 0 radical (unpaired) electrons. The number of aryl methyl sites for hydroxylation is 1. The van der Waals surface area contributed by atoms with Gasteiger partial charge in [-0.2, -0.15) is 0 Å². The molecule has 0 unspecified atom stereocenters. The molecule has 1 fully saturated rings. The van der Waals surface area contributed by atoms with Gasteiger partial charge in [-0.05, 0) is 37.6 Å². The lowest BCUT2D eigenvalue weighted by molar-refractivity contribution is 0.724. The highest BCUT2D eigenvalue weighted by Crippen LogP contribution is 2.24. The SMILES string of the molecule is Cc1ccc(Br)cc1N1CCCNCC1. The maximum atomic E-state index is 3.54. The van der Waals surface area contributed by atoms with Crippen LogP contribution in [0.3, 0.4) is 0 Å². The van der Waals surface area contributed by atoms with E-state index in [1.165, 1.54) is 22.1 Å². The summed E-state index contributed by atoms with van der Waals surface area (Å²) in [5.41, 5.74) is 2.73. The van der Waals surface area contributed by atoms with E-state index >= 15 is 0 Å². The smallest absolute Gasteiger partial charge is 0.0407 e. The molecule has 0 atom stereocenters. The van der Waals surface area contributed by atoms with Gasteiger partial charge in [-0.3, -0.25) is 0 Å². The maximum Gasteiger partial charge on any atom is 0.0407 e. The minimum absolute atomic E-state index is 1.09. The van der Waals surface area contributed by atoms with E-state index in [9.17, 15) is 0 Å². The molecule has 0 saturated carbocycles. The molecule has 1 aliphatic heterocycles. The van der Waals surface area contributed by atoms with Crippen molar-refractivity contribution in [3.05, 3.63) is 28.2 Å². The predicted molar refractivity (Wildman–Crippen MR) is 68.6 cm³/mol. The van der Waals surface area contributed by atoms with Crippen LogP contribution in [0, 0.1) is 6.92 Å². The summed E-state index contributed by atoms with van der Waals surface area (Å²) in [4.78, 5) is 2.47. The Hall–Kier alpha value is -0.540. The van der Waals surface area contributed by atoms with Crippen molar-refractivity contribution in [1.82, 2.24) is 5.32 Å². The van der Waals surface area contributed by atoms with Crippen LogP contribution in [0.4, 0.5) is 5.69 Å². The standard InChI is InChI=1S/C12H17BrN2/c1-10-3-4-11(13)9-12(10)15-7-2-5-14-6-8-15/h3-4,9,14H,2,5-8H2,1H3. The Bertz CT molecular complexity index is 330. The lowest BCUT2D eigenvalue weighted by atomic mass is 10.2. The zero-order valence-corrected chi connectivity index (χ0v) is 10.7. The molecule has 1 saturated heterocycles.